The van der Waals surface area contributed by atoms with Crippen LogP contribution in [0.3, 0.4) is 0 Å². The molecule has 0 fully saturated rings. The van der Waals surface area contributed by atoms with Crippen LogP contribution in [0, 0.1) is 13.8 Å². The van der Waals surface area contributed by atoms with E-state index < -0.39 is 6.10 Å². The lowest BCUT2D eigenvalue weighted by Crippen LogP contribution is -2.25. The minimum absolute atomic E-state index is 0.0987. The molecular formula is C18H21NO2. The summed E-state index contributed by atoms with van der Waals surface area (Å²) in [6.45, 7) is 4.46. The molecule has 2 N–H and O–H groups in total. The Morgan fingerprint density at radius 3 is 2.48 bits per heavy atom. The van der Waals surface area contributed by atoms with Crippen LogP contribution in [0.4, 0.5) is 0 Å². The van der Waals surface area contributed by atoms with Crippen molar-refractivity contribution in [1.82, 2.24) is 5.32 Å². The van der Waals surface area contributed by atoms with Crippen molar-refractivity contribution in [1.29, 1.82) is 0 Å². The van der Waals surface area contributed by atoms with Crippen LogP contribution in [-0.2, 0) is 0 Å². The van der Waals surface area contributed by atoms with E-state index >= 15 is 0 Å². The van der Waals surface area contributed by atoms with Crippen molar-refractivity contribution in [2.45, 2.75) is 26.4 Å². The highest BCUT2D eigenvalue weighted by atomic mass is 16.3. The molecule has 2 aromatic rings. The molecule has 0 aromatic heterocycles. The number of benzene rings is 2. The molecular weight excluding hydrogens is 262 g/mol. The van der Waals surface area contributed by atoms with Crippen LogP contribution >= 0.6 is 0 Å². The van der Waals surface area contributed by atoms with Gasteiger partial charge in [-0.3, -0.25) is 4.79 Å². The lowest BCUT2D eigenvalue weighted by atomic mass is 10.1. The van der Waals surface area contributed by atoms with E-state index in [1.165, 1.54) is 5.56 Å². The van der Waals surface area contributed by atoms with Crippen LogP contribution < -0.4 is 5.32 Å². The predicted molar refractivity (Wildman–Crippen MR) is 84.3 cm³/mol. The van der Waals surface area contributed by atoms with Crippen molar-refractivity contribution >= 4 is 5.91 Å². The fourth-order valence-electron chi connectivity index (χ4n) is 2.15. The monoisotopic (exact) mass is 283 g/mol. The minimum atomic E-state index is -0.550. The SMILES string of the molecule is Cc1ccc(C(=O)NCCC(O)c2ccccc2)cc1C. The zero-order valence-corrected chi connectivity index (χ0v) is 12.5. The molecule has 0 spiro atoms. The van der Waals surface area contributed by atoms with E-state index in [2.05, 4.69) is 5.32 Å². The van der Waals surface area contributed by atoms with E-state index in [0.29, 0.717) is 18.5 Å². The summed E-state index contributed by atoms with van der Waals surface area (Å²) in [7, 11) is 0. The fourth-order valence-corrected chi connectivity index (χ4v) is 2.15. The van der Waals surface area contributed by atoms with Gasteiger partial charge >= 0.3 is 0 Å². The Bertz CT molecular complexity index is 608. The van der Waals surface area contributed by atoms with Gasteiger partial charge in [0.25, 0.3) is 5.91 Å². The molecule has 1 unspecified atom stereocenters. The molecule has 1 atom stereocenters. The van der Waals surface area contributed by atoms with Gasteiger partial charge in [0.05, 0.1) is 6.10 Å². The topological polar surface area (TPSA) is 49.3 Å². The number of aryl methyl sites for hydroxylation is 2. The Kier molecular flexibility index (Phi) is 5.12. The number of nitrogens with one attached hydrogen (secondary N) is 1. The summed E-state index contributed by atoms with van der Waals surface area (Å²) in [5.41, 5.74) is 3.81. The molecule has 0 bridgehead atoms. The number of hydrogen-bond acceptors (Lipinski definition) is 2. The lowest BCUT2D eigenvalue weighted by Gasteiger charge is -2.12. The summed E-state index contributed by atoms with van der Waals surface area (Å²) in [4.78, 5) is 12.0. The van der Waals surface area contributed by atoms with Gasteiger partial charge in [0.15, 0.2) is 0 Å². The molecule has 0 radical (unpaired) electrons. The zero-order chi connectivity index (χ0) is 15.2. The lowest BCUT2D eigenvalue weighted by molar-refractivity contribution is 0.0942. The molecule has 0 aliphatic carbocycles. The van der Waals surface area contributed by atoms with Gasteiger partial charge in [-0.2, -0.15) is 0 Å². The second-order valence-corrected chi connectivity index (χ2v) is 5.27. The maximum Gasteiger partial charge on any atom is 0.251 e. The van der Waals surface area contributed by atoms with Crippen LogP contribution in [0.5, 0.6) is 0 Å². The quantitative estimate of drug-likeness (QED) is 0.885. The van der Waals surface area contributed by atoms with Crippen LogP contribution in [0.2, 0.25) is 0 Å². The van der Waals surface area contributed by atoms with Gasteiger partial charge in [-0.1, -0.05) is 36.4 Å². The number of aliphatic hydroxyl groups is 1. The molecule has 2 rings (SSSR count). The molecule has 0 aliphatic heterocycles. The van der Waals surface area contributed by atoms with Crippen molar-refractivity contribution in [3.05, 3.63) is 70.8 Å². The first kappa shape index (κ1) is 15.3. The third-order valence-electron chi connectivity index (χ3n) is 3.66. The molecule has 0 saturated heterocycles. The van der Waals surface area contributed by atoms with E-state index in [-0.39, 0.29) is 5.91 Å². The zero-order valence-electron chi connectivity index (χ0n) is 12.5. The second kappa shape index (κ2) is 7.04. The maximum atomic E-state index is 12.0. The largest absolute Gasteiger partial charge is 0.388 e. The Labute approximate surface area is 125 Å². The molecule has 0 aliphatic rings. The van der Waals surface area contributed by atoms with Crippen molar-refractivity contribution < 1.29 is 9.90 Å². The summed E-state index contributed by atoms with van der Waals surface area (Å²) >= 11 is 0. The number of carbonyl (C=O) groups is 1. The Hall–Kier alpha value is -2.13. The highest BCUT2D eigenvalue weighted by Crippen LogP contribution is 2.15. The van der Waals surface area contributed by atoms with Gasteiger partial charge in [-0.15, -0.1) is 0 Å². The Morgan fingerprint density at radius 2 is 1.81 bits per heavy atom. The van der Waals surface area contributed by atoms with E-state index in [1.54, 1.807) is 0 Å². The third kappa shape index (κ3) is 4.17. The maximum absolute atomic E-state index is 12.0. The van der Waals surface area contributed by atoms with Crippen molar-refractivity contribution in [3.8, 4) is 0 Å². The number of hydrogen-bond donors (Lipinski definition) is 2. The smallest absolute Gasteiger partial charge is 0.251 e. The third-order valence-corrected chi connectivity index (χ3v) is 3.66. The molecule has 3 heteroatoms. The summed E-state index contributed by atoms with van der Waals surface area (Å²) in [6, 6.07) is 15.1. The van der Waals surface area contributed by atoms with Gasteiger partial charge in [0.2, 0.25) is 0 Å². The Balaban J connectivity index is 1.85. The first-order valence-electron chi connectivity index (χ1n) is 7.16. The second-order valence-electron chi connectivity index (χ2n) is 5.27. The molecule has 1 amide bonds. The van der Waals surface area contributed by atoms with Gasteiger partial charge in [0, 0.05) is 12.1 Å². The van der Waals surface area contributed by atoms with Crippen LogP contribution in [-0.4, -0.2) is 17.6 Å². The predicted octanol–water partition coefficient (Wildman–Crippen LogP) is 3.16. The fraction of sp³-hybridized carbons (Fsp3) is 0.278. The average molecular weight is 283 g/mol. The molecule has 2 aromatic carbocycles. The molecule has 21 heavy (non-hydrogen) atoms. The number of rotatable bonds is 5. The van der Waals surface area contributed by atoms with Gasteiger partial charge < -0.3 is 10.4 Å². The molecule has 3 nitrogen and oxygen atoms in total. The average Bonchev–Trinajstić information content (AvgIpc) is 2.50. The molecule has 0 saturated carbocycles. The van der Waals surface area contributed by atoms with E-state index in [9.17, 15) is 9.90 Å². The first-order chi connectivity index (χ1) is 10.1. The molecule has 0 heterocycles. The number of aliphatic hydroxyl groups excluding tert-OH is 1. The Morgan fingerprint density at radius 1 is 1.10 bits per heavy atom. The van der Waals surface area contributed by atoms with Crippen molar-refractivity contribution in [2.75, 3.05) is 6.54 Å². The van der Waals surface area contributed by atoms with E-state index in [1.807, 2.05) is 62.4 Å². The number of carbonyl (C=O) groups excluding carboxylic acids is 1. The normalized spacial score (nSPS) is 12.0. The summed E-state index contributed by atoms with van der Waals surface area (Å²) in [5.74, 6) is -0.0987. The van der Waals surface area contributed by atoms with Crippen LogP contribution in [0.1, 0.15) is 39.6 Å². The van der Waals surface area contributed by atoms with Gasteiger partial charge in [-0.05, 0) is 49.1 Å². The first-order valence-corrected chi connectivity index (χ1v) is 7.16. The summed E-state index contributed by atoms with van der Waals surface area (Å²) < 4.78 is 0. The van der Waals surface area contributed by atoms with Crippen LogP contribution in [0.25, 0.3) is 0 Å². The summed E-state index contributed by atoms with van der Waals surface area (Å²) in [5, 5.41) is 12.9. The van der Waals surface area contributed by atoms with E-state index in [4.69, 9.17) is 0 Å². The van der Waals surface area contributed by atoms with Crippen molar-refractivity contribution in [3.63, 3.8) is 0 Å². The van der Waals surface area contributed by atoms with E-state index in [0.717, 1.165) is 11.1 Å². The number of amides is 1. The van der Waals surface area contributed by atoms with Crippen molar-refractivity contribution in [2.24, 2.45) is 0 Å². The van der Waals surface area contributed by atoms with Gasteiger partial charge in [0.1, 0.15) is 0 Å². The van der Waals surface area contributed by atoms with Crippen LogP contribution in [0.15, 0.2) is 48.5 Å². The molecule has 110 valence electrons. The highest BCUT2D eigenvalue weighted by molar-refractivity contribution is 5.94. The summed E-state index contributed by atoms with van der Waals surface area (Å²) in [6.07, 6.45) is -0.0492. The standard InChI is InChI=1S/C18H21NO2/c1-13-8-9-16(12-14(13)2)18(21)19-11-10-17(20)15-6-4-3-5-7-15/h3-9,12,17,20H,10-11H2,1-2H3,(H,19,21). The highest BCUT2D eigenvalue weighted by Gasteiger charge is 2.09. The minimum Gasteiger partial charge on any atom is -0.388 e. The van der Waals surface area contributed by atoms with Gasteiger partial charge in [-0.25, -0.2) is 0 Å².